The van der Waals surface area contributed by atoms with Gasteiger partial charge in [0, 0.05) is 22.6 Å². The van der Waals surface area contributed by atoms with Gasteiger partial charge in [-0.3, -0.25) is 0 Å². The number of ether oxygens (including phenoxy) is 2. The summed E-state index contributed by atoms with van der Waals surface area (Å²) in [5.41, 5.74) is 0.759. The monoisotopic (exact) mass is 390 g/mol. The van der Waals surface area contributed by atoms with Gasteiger partial charge >= 0.3 is 11.8 Å². The second-order valence-corrected chi connectivity index (χ2v) is 6.62. The van der Waals surface area contributed by atoms with Crippen LogP contribution in [0.25, 0.3) is 10.1 Å². The lowest BCUT2D eigenvalue weighted by molar-refractivity contribution is -0.390. The first-order valence-corrected chi connectivity index (χ1v) is 8.85. The number of esters is 1. The molecule has 2 aromatic heterocycles. The zero-order valence-corrected chi connectivity index (χ0v) is 15.3. The van der Waals surface area contributed by atoms with Crippen LogP contribution in [-0.4, -0.2) is 22.5 Å². The number of fused-ring (bicyclic) bond motifs is 1. The van der Waals surface area contributed by atoms with Crippen LogP contribution in [0.2, 0.25) is 0 Å². The normalized spacial score (nSPS) is 10.8. The average molecular weight is 390 g/mol. The van der Waals surface area contributed by atoms with Crippen LogP contribution in [0.4, 0.5) is 10.2 Å². The van der Waals surface area contributed by atoms with E-state index in [0.29, 0.717) is 16.0 Å². The molecule has 27 heavy (non-hydrogen) atoms. The predicted octanol–water partition coefficient (Wildman–Crippen LogP) is 4.41. The molecule has 3 aromatic rings. The second-order valence-electron chi connectivity index (χ2n) is 5.56. The molecule has 0 spiro atoms. The Morgan fingerprint density at radius 3 is 2.81 bits per heavy atom. The van der Waals surface area contributed by atoms with Gasteiger partial charge in [-0.1, -0.05) is 6.07 Å². The van der Waals surface area contributed by atoms with E-state index in [-0.39, 0.29) is 29.2 Å². The molecule has 9 heteroatoms. The molecule has 0 radical (unpaired) electrons. The van der Waals surface area contributed by atoms with Crippen molar-refractivity contribution in [2.45, 2.75) is 20.5 Å². The number of nitrogens with zero attached hydrogens (tertiary/aromatic N) is 2. The molecule has 0 fully saturated rings. The highest BCUT2D eigenvalue weighted by Crippen LogP contribution is 2.35. The average Bonchev–Trinajstić information content (AvgIpc) is 3.01. The Morgan fingerprint density at radius 1 is 1.33 bits per heavy atom. The molecule has 0 bridgehead atoms. The summed E-state index contributed by atoms with van der Waals surface area (Å²) in [7, 11) is 0. The Balaban J connectivity index is 2.03. The smallest absolute Gasteiger partial charge is 0.406 e. The fraction of sp³-hybridized carbons (Fsp3) is 0.222. The van der Waals surface area contributed by atoms with Crippen LogP contribution >= 0.6 is 11.3 Å². The maximum Gasteiger partial charge on any atom is 0.406 e. The molecule has 0 atom stereocenters. The third kappa shape index (κ3) is 3.72. The largest absolute Gasteiger partial charge is 0.481 e. The van der Waals surface area contributed by atoms with E-state index in [0.717, 1.165) is 11.3 Å². The van der Waals surface area contributed by atoms with Crippen molar-refractivity contribution in [1.29, 1.82) is 0 Å². The van der Waals surface area contributed by atoms with Crippen molar-refractivity contribution >= 4 is 33.2 Å². The third-order valence-corrected chi connectivity index (χ3v) is 4.92. The van der Waals surface area contributed by atoms with E-state index < -0.39 is 22.5 Å². The van der Waals surface area contributed by atoms with Crippen molar-refractivity contribution in [2.75, 3.05) is 6.61 Å². The van der Waals surface area contributed by atoms with Gasteiger partial charge in [0.1, 0.15) is 23.0 Å². The highest BCUT2D eigenvalue weighted by Gasteiger charge is 2.24. The molecular weight excluding hydrogens is 375 g/mol. The van der Waals surface area contributed by atoms with E-state index in [1.807, 2.05) is 0 Å². The summed E-state index contributed by atoms with van der Waals surface area (Å²) >= 11 is 1.09. The summed E-state index contributed by atoms with van der Waals surface area (Å²) in [4.78, 5) is 26.9. The maximum absolute atomic E-state index is 14.4. The van der Waals surface area contributed by atoms with Gasteiger partial charge in [0.2, 0.25) is 5.75 Å². The number of carbonyl (C=O) groups is 1. The van der Waals surface area contributed by atoms with Gasteiger partial charge < -0.3 is 19.6 Å². The number of thiophene rings is 1. The first-order valence-electron chi connectivity index (χ1n) is 8.04. The minimum atomic E-state index is -0.652. The molecule has 0 aliphatic carbocycles. The van der Waals surface area contributed by atoms with Crippen LogP contribution in [0, 0.1) is 22.9 Å². The summed E-state index contributed by atoms with van der Waals surface area (Å²) in [6.07, 6.45) is 0. The number of hydrogen-bond acceptors (Lipinski definition) is 7. The zero-order chi connectivity index (χ0) is 19.6. The number of aromatic nitrogens is 1. The molecule has 3 rings (SSSR count). The third-order valence-electron chi connectivity index (χ3n) is 3.75. The van der Waals surface area contributed by atoms with Gasteiger partial charge in [-0.2, -0.15) is 0 Å². The van der Waals surface area contributed by atoms with Crippen molar-refractivity contribution in [3.63, 3.8) is 0 Å². The van der Waals surface area contributed by atoms with E-state index in [9.17, 15) is 19.3 Å². The lowest BCUT2D eigenvalue weighted by Gasteiger charge is -2.08. The highest BCUT2D eigenvalue weighted by atomic mass is 32.1. The number of hydrogen-bond donors (Lipinski definition) is 0. The molecule has 0 aliphatic rings. The van der Waals surface area contributed by atoms with E-state index in [1.54, 1.807) is 32.0 Å². The molecule has 0 N–H and O–H groups in total. The van der Waals surface area contributed by atoms with Crippen molar-refractivity contribution in [2.24, 2.45) is 0 Å². The lowest BCUT2D eigenvalue weighted by Crippen LogP contribution is -2.08. The summed E-state index contributed by atoms with van der Waals surface area (Å²) < 4.78 is 25.5. The van der Waals surface area contributed by atoms with Crippen LogP contribution < -0.4 is 4.74 Å². The first kappa shape index (κ1) is 18.7. The minimum Gasteiger partial charge on any atom is -0.481 e. The Hall–Kier alpha value is -3.07. The number of rotatable bonds is 6. The fourth-order valence-electron chi connectivity index (χ4n) is 2.59. The molecule has 0 saturated heterocycles. The van der Waals surface area contributed by atoms with Gasteiger partial charge in [-0.05, 0) is 41.1 Å². The van der Waals surface area contributed by atoms with E-state index >= 15 is 0 Å². The number of benzene rings is 1. The van der Waals surface area contributed by atoms with Crippen LogP contribution in [-0.2, 0) is 11.3 Å². The van der Waals surface area contributed by atoms with Gasteiger partial charge in [-0.15, -0.1) is 11.3 Å². The minimum absolute atomic E-state index is 0.0592. The van der Waals surface area contributed by atoms with Gasteiger partial charge in [0.05, 0.1) is 6.61 Å². The molecule has 2 heterocycles. The Kier molecular flexibility index (Phi) is 5.31. The van der Waals surface area contributed by atoms with E-state index in [2.05, 4.69) is 4.98 Å². The van der Waals surface area contributed by atoms with Gasteiger partial charge in [-0.25, -0.2) is 9.18 Å². The quantitative estimate of drug-likeness (QED) is 0.352. The number of halogens is 1. The Labute approximate surface area is 157 Å². The van der Waals surface area contributed by atoms with Crippen LogP contribution in [0.1, 0.15) is 27.9 Å². The summed E-state index contributed by atoms with van der Waals surface area (Å²) in [5.74, 6) is -1.59. The topological polar surface area (TPSA) is 91.6 Å². The standard InChI is InChI=1S/C18H15FN2O5S/c1-3-25-18(22)16-11(15-12(19)5-4-6-14(15)27-16)9-26-13-8-7-10(2)20-17(13)21(23)24/h4-8H,3,9H2,1-2H3. The molecule has 0 saturated carbocycles. The fourth-order valence-corrected chi connectivity index (χ4v) is 3.71. The van der Waals surface area contributed by atoms with Crippen molar-refractivity contribution < 1.29 is 23.6 Å². The van der Waals surface area contributed by atoms with Crippen molar-refractivity contribution in [3.05, 3.63) is 62.4 Å². The van der Waals surface area contributed by atoms with Gasteiger partial charge in [0.15, 0.2) is 0 Å². The molecule has 0 amide bonds. The molecule has 1 aromatic carbocycles. The SMILES string of the molecule is CCOC(=O)c1sc2cccc(F)c2c1COc1ccc(C)nc1[N+](=O)[O-]. The number of aryl methyl sites for hydroxylation is 1. The first-order chi connectivity index (χ1) is 12.9. The molecule has 140 valence electrons. The Morgan fingerprint density at radius 2 is 2.11 bits per heavy atom. The maximum atomic E-state index is 14.4. The number of nitro groups is 1. The molecule has 0 unspecified atom stereocenters. The van der Waals surface area contributed by atoms with Crippen LogP contribution in [0.3, 0.4) is 0 Å². The summed E-state index contributed by atoms with van der Waals surface area (Å²) in [6.45, 7) is 3.23. The summed E-state index contributed by atoms with van der Waals surface area (Å²) in [5, 5.41) is 11.4. The van der Waals surface area contributed by atoms with Crippen LogP contribution in [0.15, 0.2) is 30.3 Å². The Bertz CT molecular complexity index is 1030. The predicted molar refractivity (Wildman–Crippen MR) is 97.7 cm³/mol. The van der Waals surface area contributed by atoms with Gasteiger partial charge in [0.25, 0.3) is 0 Å². The number of pyridine rings is 1. The van der Waals surface area contributed by atoms with Crippen molar-refractivity contribution in [1.82, 2.24) is 4.98 Å². The number of carbonyl (C=O) groups excluding carboxylic acids is 1. The zero-order valence-electron chi connectivity index (χ0n) is 14.5. The highest BCUT2D eigenvalue weighted by molar-refractivity contribution is 7.21. The second kappa shape index (κ2) is 7.67. The lowest BCUT2D eigenvalue weighted by atomic mass is 10.1. The van der Waals surface area contributed by atoms with Crippen LogP contribution in [0.5, 0.6) is 5.75 Å². The molecule has 0 aliphatic heterocycles. The van der Waals surface area contributed by atoms with E-state index in [4.69, 9.17) is 9.47 Å². The van der Waals surface area contributed by atoms with E-state index in [1.165, 1.54) is 12.1 Å². The summed E-state index contributed by atoms with van der Waals surface area (Å²) in [6, 6.07) is 7.51. The molecule has 7 nitrogen and oxygen atoms in total. The molecular formula is C18H15FN2O5S. The van der Waals surface area contributed by atoms with Crippen molar-refractivity contribution in [3.8, 4) is 5.75 Å².